The second kappa shape index (κ2) is 13.1. The van der Waals surface area contributed by atoms with Gasteiger partial charge in [0.1, 0.15) is 11.0 Å². The van der Waals surface area contributed by atoms with Crippen LogP contribution in [0.1, 0.15) is 24.0 Å². The molecule has 0 fully saturated rings. The summed E-state index contributed by atoms with van der Waals surface area (Å²) >= 11 is 0. The third kappa shape index (κ3) is 6.60. The highest BCUT2D eigenvalue weighted by Crippen LogP contribution is 2.34. The number of aromatic nitrogens is 2. The van der Waals surface area contributed by atoms with Gasteiger partial charge in [0.2, 0.25) is 0 Å². The minimum absolute atomic E-state index is 0.000863. The molecule has 4 aromatic carbocycles. The molecule has 0 saturated carbocycles. The van der Waals surface area contributed by atoms with E-state index in [2.05, 4.69) is 14.7 Å². The predicted molar refractivity (Wildman–Crippen MR) is 173 cm³/mol. The van der Waals surface area contributed by atoms with Crippen molar-refractivity contribution in [3.8, 4) is 22.5 Å². The van der Waals surface area contributed by atoms with Crippen LogP contribution in [0.3, 0.4) is 0 Å². The molecule has 0 saturated heterocycles. The molecule has 2 aromatic heterocycles. The van der Waals surface area contributed by atoms with Gasteiger partial charge in [-0.05, 0) is 53.4 Å². The number of carboxylic acid groups (broad SMARTS) is 1. The van der Waals surface area contributed by atoms with Crippen molar-refractivity contribution in [1.82, 2.24) is 9.97 Å². The first-order chi connectivity index (χ1) is 22.0. The van der Waals surface area contributed by atoms with Crippen LogP contribution in [0.25, 0.3) is 44.3 Å². The van der Waals surface area contributed by atoms with E-state index in [-0.39, 0.29) is 17.8 Å². The molecule has 46 heavy (non-hydrogen) atoms. The molecule has 0 aliphatic carbocycles. The van der Waals surface area contributed by atoms with Crippen molar-refractivity contribution in [3.05, 3.63) is 128 Å². The monoisotopic (exact) mass is 620 g/mol. The minimum Gasteiger partial charge on any atom is -0.481 e. The third-order valence-electron chi connectivity index (χ3n) is 7.51. The van der Waals surface area contributed by atoms with Crippen molar-refractivity contribution >= 4 is 45.1 Å². The van der Waals surface area contributed by atoms with Crippen LogP contribution >= 0.6 is 0 Å². The number of carbonyl (C=O) groups excluding carboxylic acids is 1. The van der Waals surface area contributed by atoms with Gasteiger partial charge in [-0.3, -0.25) is 29.8 Å². The van der Waals surface area contributed by atoms with Crippen molar-refractivity contribution in [3.63, 3.8) is 0 Å². The number of non-ortho nitro benzene ring substituents is 2. The van der Waals surface area contributed by atoms with Gasteiger partial charge in [0.25, 0.3) is 11.4 Å². The molecule has 1 atom stereocenters. The maximum atomic E-state index is 11.4. The van der Waals surface area contributed by atoms with Crippen molar-refractivity contribution < 1.29 is 29.3 Å². The number of nitrogens with zero attached hydrogens (tertiary/aromatic N) is 2. The lowest BCUT2D eigenvalue weighted by molar-refractivity contribution is -0.383. The first-order valence-electron chi connectivity index (χ1n) is 14.1. The van der Waals surface area contributed by atoms with E-state index in [1.807, 2.05) is 66.7 Å². The predicted octanol–water partition coefficient (Wildman–Crippen LogP) is 7.39. The number of carboxylic acids is 1. The summed E-state index contributed by atoms with van der Waals surface area (Å²) in [7, 11) is 1.29. The normalized spacial score (nSPS) is 11.4. The second-order valence-electron chi connectivity index (χ2n) is 10.5. The van der Waals surface area contributed by atoms with Crippen LogP contribution in [0.2, 0.25) is 0 Å². The molecule has 0 radical (unpaired) electrons. The Balaban J connectivity index is 0.000000181. The molecule has 12 nitrogen and oxygen atoms in total. The summed E-state index contributed by atoms with van der Waals surface area (Å²) in [5, 5.41) is 33.1. The fourth-order valence-electron chi connectivity index (χ4n) is 5.10. The number of H-pyrrole nitrogens is 2. The lowest BCUT2D eigenvalue weighted by Crippen LogP contribution is -2.07. The zero-order valence-electron chi connectivity index (χ0n) is 24.7. The first kappa shape index (κ1) is 31.1. The SMILES string of the molecule is CC(C(=O)O)c1cc([N+](=O)[O-])c2[nH]c(-c3ccccc3)cc2c1.COC(=O)Cc1cc([N+](=O)[O-])c2[nH]c(-c3ccccc3)cc2c1. The van der Waals surface area contributed by atoms with Crippen LogP contribution in [0.5, 0.6) is 0 Å². The van der Waals surface area contributed by atoms with Gasteiger partial charge in [-0.15, -0.1) is 0 Å². The van der Waals surface area contributed by atoms with Gasteiger partial charge in [-0.25, -0.2) is 0 Å². The van der Waals surface area contributed by atoms with Crippen LogP contribution in [0, 0.1) is 20.2 Å². The quantitative estimate of drug-likeness (QED) is 0.0894. The van der Waals surface area contributed by atoms with Gasteiger partial charge in [-0.2, -0.15) is 0 Å². The van der Waals surface area contributed by atoms with Crippen LogP contribution in [0.15, 0.2) is 97.1 Å². The van der Waals surface area contributed by atoms with Crippen LogP contribution in [0.4, 0.5) is 11.4 Å². The van der Waals surface area contributed by atoms with Gasteiger partial charge in [0.05, 0.1) is 29.3 Å². The lowest BCUT2D eigenvalue weighted by Gasteiger charge is -2.06. The van der Waals surface area contributed by atoms with Crippen molar-refractivity contribution in [1.29, 1.82) is 0 Å². The number of ether oxygens (including phenoxy) is 1. The smallest absolute Gasteiger partial charge is 0.310 e. The topological polar surface area (TPSA) is 181 Å². The molecule has 1 unspecified atom stereocenters. The highest BCUT2D eigenvalue weighted by Gasteiger charge is 2.22. The fourth-order valence-corrected chi connectivity index (χ4v) is 5.10. The number of nitrogens with one attached hydrogen (secondary N) is 2. The molecular formula is C34H28N4O8. The van der Waals surface area contributed by atoms with Gasteiger partial charge in [-0.1, -0.05) is 60.7 Å². The van der Waals surface area contributed by atoms with E-state index in [1.165, 1.54) is 26.2 Å². The van der Waals surface area contributed by atoms with E-state index in [1.54, 1.807) is 18.2 Å². The van der Waals surface area contributed by atoms with Crippen LogP contribution in [-0.2, 0) is 20.7 Å². The van der Waals surface area contributed by atoms with Gasteiger partial charge in [0, 0.05) is 34.3 Å². The van der Waals surface area contributed by atoms with Crippen molar-refractivity contribution in [2.45, 2.75) is 19.3 Å². The lowest BCUT2D eigenvalue weighted by atomic mass is 9.99. The number of methoxy groups -OCH3 is 1. The Kier molecular flexibility index (Phi) is 8.89. The summed E-state index contributed by atoms with van der Waals surface area (Å²) in [4.78, 5) is 50.5. The van der Waals surface area contributed by atoms with E-state index < -0.39 is 27.7 Å². The molecule has 2 heterocycles. The molecule has 6 rings (SSSR count). The molecular weight excluding hydrogens is 592 g/mol. The molecule has 3 N–H and O–H groups in total. The number of nitro benzene ring substituents is 2. The Morgan fingerprint density at radius 1 is 0.761 bits per heavy atom. The Hall–Kier alpha value is -6.30. The molecule has 6 aromatic rings. The zero-order valence-corrected chi connectivity index (χ0v) is 24.7. The number of aromatic amines is 2. The molecule has 232 valence electrons. The number of benzene rings is 4. The number of esters is 1. The van der Waals surface area contributed by atoms with Gasteiger partial charge in [0.15, 0.2) is 0 Å². The maximum Gasteiger partial charge on any atom is 0.310 e. The highest BCUT2D eigenvalue weighted by molar-refractivity contribution is 5.95. The van der Waals surface area contributed by atoms with Crippen molar-refractivity contribution in [2.75, 3.05) is 7.11 Å². The number of hydrogen-bond acceptors (Lipinski definition) is 7. The standard InChI is InChI=1S/2C17H14N2O4/c1-23-16(20)9-11-7-13-10-14(12-5-3-2-4-6-12)18-17(13)15(8-11)19(21)22;1-10(17(20)21)12-7-13-8-14(11-5-3-2-4-6-11)18-16(13)15(9-12)19(22)23/h2-8,10,18H,9H2,1H3;2-10,18H,1H3,(H,20,21). The van der Waals surface area contributed by atoms with E-state index in [4.69, 9.17) is 5.11 Å². The Labute approximate surface area is 261 Å². The maximum absolute atomic E-state index is 11.4. The summed E-state index contributed by atoms with van der Waals surface area (Å²) in [5.74, 6) is -2.26. The number of rotatable bonds is 8. The first-order valence-corrected chi connectivity index (χ1v) is 14.1. The summed E-state index contributed by atoms with van der Waals surface area (Å²) in [6.07, 6.45) is -0.000863. The van der Waals surface area contributed by atoms with E-state index in [0.717, 1.165) is 22.5 Å². The van der Waals surface area contributed by atoms with E-state index in [9.17, 15) is 29.8 Å². The summed E-state index contributed by atoms with van der Waals surface area (Å²) in [5.41, 5.74) is 5.03. The van der Waals surface area contributed by atoms with E-state index in [0.29, 0.717) is 32.9 Å². The number of hydrogen-bond donors (Lipinski definition) is 3. The Bertz CT molecular complexity index is 2080. The average Bonchev–Trinajstić information content (AvgIpc) is 3.69. The average molecular weight is 621 g/mol. The molecule has 0 spiro atoms. The van der Waals surface area contributed by atoms with Crippen LogP contribution in [-0.4, -0.2) is 44.0 Å². The summed E-state index contributed by atoms with van der Waals surface area (Å²) in [6.45, 7) is 1.51. The summed E-state index contributed by atoms with van der Waals surface area (Å²) < 4.78 is 4.62. The number of nitro groups is 2. The molecule has 0 amide bonds. The second-order valence-corrected chi connectivity index (χ2v) is 10.5. The molecule has 0 aliphatic rings. The summed E-state index contributed by atoms with van der Waals surface area (Å²) in [6, 6.07) is 28.8. The Morgan fingerprint density at radius 2 is 1.24 bits per heavy atom. The van der Waals surface area contributed by atoms with E-state index >= 15 is 0 Å². The molecule has 0 aliphatic heterocycles. The number of fused-ring (bicyclic) bond motifs is 2. The molecule has 0 bridgehead atoms. The third-order valence-corrected chi connectivity index (χ3v) is 7.51. The highest BCUT2D eigenvalue weighted by atomic mass is 16.6. The zero-order chi connectivity index (χ0) is 33.0. The Morgan fingerprint density at radius 3 is 1.70 bits per heavy atom. The van der Waals surface area contributed by atoms with Gasteiger partial charge >= 0.3 is 11.9 Å². The van der Waals surface area contributed by atoms with Gasteiger partial charge < -0.3 is 19.8 Å². The van der Waals surface area contributed by atoms with Crippen LogP contribution < -0.4 is 0 Å². The minimum atomic E-state index is -1.02. The fraction of sp³-hybridized carbons (Fsp3) is 0.118. The van der Waals surface area contributed by atoms with Crippen molar-refractivity contribution in [2.24, 2.45) is 0 Å². The largest absolute Gasteiger partial charge is 0.481 e. The molecule has 12 heteroatoms. The number of carbonyl (C=O) groups is 2. The number of aliphatic carboxylic acids is 1.